The normalized spacial score (nSPS) is 53.8. The van der Waals surface area contributed by atoms with Gasteiger partial charge in [0, 0.05) is 12.6 Å². The van der Waals surface area contributed by atoms with Gasteiger partial charge in [0.15, 0.2) is 0 Å². The molecule has 3 N–H and O–H groups in total. The Kier molecular flexibility index (Phi) is 1.35. The average Bonchev–Trinajstić information content (AvgIpc) is 3.04. The fourth-order valence-corrected chi connectivity index (χ4v) is 4.23. The summed E-state index contributed by atoms with van der Waals surface area (Å²) in [6.45, 7) is 3.01. The van der Waals surface area contributed by atoms with Crippen molar-refractivity contribution < 1.29 is 5.11 Å². The molecule has 4 rings (SSSR count). The average molecular weight is 208 g/mol. The third-order valence-corrected chi connectivity index (χ3v) is 5.67. The Hall–Kier alpha value is -0.120. The van der Waals surface area contributed by atoms with Crippen LogP contribution in [0.15, 0.2) is 0 Å². The monoisotopic (exact) mass is 208 g/mol. The molecule has 1 saturated heterocycles. The van der Waals surface area contributed by atoms with Crippen molar-refractivity contribution in [2.45, 2.75) is 49.9 Å². The van der Waals surface area contributed by atoms with Gasteiger partial charge in [0.2, 0.25) is 0 Å². The van der Waals surface area contributed by atoms with E-state index in [1.54, 1.807) is 0 Å². The maximum absolute atomic E-state index is 10.7. The second-order valence-corrected chi connectivity index (χ2v) is 6.38. The summed E-state index contributed by atoms with van der Waals surface area (Å²) in [6.07, 6.45) is 4.68. The third kappa shape index (κ3) is 0.891. The van der Waals surface area contributed by atoms with Gasteiger partial charge in [0.1, 0.15) is 5.72 Å². The van der Waals surface area contributed by atoms with Crippen molar-refractivity contribution in [1.29, 1.82) is 0 Å². The minimum Gasteiger partial charge on any atom is -0.374 e. The Morgan fingerprint density at radius 2 is 2.07 bits per heavy atom. The van der Waals surface area contributed by atoms with Gasteiger partial charge >= 0.3 is 0 Å². The highest BCUT2D eigenvalue weighted by atomic mass is 16.3. The Labute approximate surface area is 90.6 Å². The number of likely N-dealkylation sites (tertiary alicyclic amines) is 1. The number of hydrogen-bond acceptors (Lipinski definition) is 3. The Morgan fingerprint density at radius 3 is 2.73 bits per heavy atom. The summed E-state index contributed by atoms with van der Waals surface area (Å²) >= 11 is 0. The maximum atomic E-state index is 10.7. The lowest BCUT2D eigenvalue weighted by Crippen LogP contribution is -2.63. The van der Waals surface area contributed by atoms with Crippen molar-refractivity contribution in [2.24, 2.45) is 23.5 Å². The van der Waals surface area contributed by atoms with Gasteiger partial charge in [-0.15, -0.1) is 0 Å². The molecule has 5 unspecified atom stereocenters. The number of nitrogens with two attached hydrogens (primary N) is 1. The van der Waals surface area contributed by atoms with Crippen LogP contribution in [0.1, 0.15) is 32.6 Å². The molecule has 4 aliphatic rings. The van der Waals surface area contributed by atoms with Crippen molar-refractivity contribution in [3.63, 3.8) is 0 Å². The predicted molar refractivity (Wildman–Crippen MR) is 57.0 cm³/mol. The number of aliphatic hydroxyl groups is 1. The molecule has 0 aromatic carbocycles. The Bertz CT molecular complexity index is 324. The van der Waals surface area contributed by atoms with Crippen molar-refractivity contribution >= 4 is 0 Å². The summed E-state index contributed by atoms with van der Waals surface area (Å²) in [5.74, 6) is 2.82. The second-order valence-electron chi connectivity index (χ2n) is 6.38. The van der Waals surface area contributed by atoms with Crippen LogP contribution in [0.25, 0.3) is 0 Å². The minimum atomic E-state index is -0.750. The van der Waals surface area contributed by atoms with E-state index in [-0.39, 0.29) is 5.54 Å². The van der Waals surface area contributed by atoms with Crippen molar-refractivity contribution in [3.8, 4) is 0 Å². The molecule has 0 radical (unpaired) electrons. The summed E-state index contributed by atoms with van der Waals surface area (Å²) in [7, 11) is 0. The molecule has 3 nitrogen and oxygen atoms in total. The lowest BCUT2D eigenvalue weighted by Gasteiger charge is -2.46. The van der Waals surface area contributed by atoms with E-state index in [4.69, 9.17) is 5.73 Å². The van der Waals surface area contributed by atoms with E-state index < -0.39 is 5.72 Å². The summed E-state index contributed by atoms with van der Waals surface area (Å²) in [5, 5.41) is 10.7. The predicted octanol–water partition coefficient (Wildman–Crippen LogP) is 0.526. The molecule has 84 valence electrons. The smallest absolute Gasteiger partial charge is 0.134 e. The number of hydrogen-bond donors (Lipinski definition) is 2. The van der Waals surface area contributed by atoms with Crippen LogP contribution in [-0.2, 0) is 0 Å². The lowest BCUT2D eigenvalue weighted by molar-refractivity contribution is -0.142. The lowest BCUT2D eigenvalue weighted by atomic mass is 9.79. The number of nitrogens with zero attached hydrogens (tertiary/aromatic N) is 1. The molecule has 3 aliphatic carbocycles. The quantitative estimate of drug-likeness (QED) is 0.696. The van der Waals surface area contributed by atoms with E-state index in [1.165, 1.54) is 12.8 Å². The van der Waals surface area contributed by atoms with Crippen molar-refractivity contribution in [2.75, 3.05) is 6.54 Å². The van der Waals surface area contributed by atoms with Crippen LogP contribution in [0, 0.1) is 17.8 Å². The first kappa shape index (κ1) is 8.97. The molecule has 1 heterocycles. The highest BCUT2D eigenvalue weighted by Gasteiger charge is 2.70. The van der Waals surface area contributed by atoms with E-state index >= 15 is 0 Å². The fraction of sp³-hybridized carbons (Fsp3) is 1.00. The molecule has 15 heavy (non-hydrogen) atoms. The van der Waals surface area contributed by atoms with Gasteiger partial charge in [0.25, 0.3) is 0 Å². The van der Waals surface area contributed by atoms with E-state index in [0.29, 0.717) is 6.04 Å². The summed E-state index contributed by atoms with van der Waals surface area (Å²) in [4.78, 5) is 2.33. The molecule has 5 atom stereocenters. The molecular weight excluding hydrogens is 188 g/mol. The van der Waals surface area contributed by atoms with Gasteiger partial charge in [-0.3, -0.25) is 4.90 Å². The van der Waals surface area contributed by atoms with Crippen LogP contribution in [0.5, 0.6) is 0 Å². The van der Waals surface area contributed by atoms with Crippen LogP contribution in [0.4, 0.5) is 0 Å². The minimum absolute atomic E-state index is 0.304. The fourth-order valence-electron chi connectivity index (χ4n) is 4.23. The SMILES string of the molecule is CC(O)(N1CCC2C3CC3C21)C1(N)CC1. The highest BCUT2D eigenvalue weighted by Crippen LogP contribution is 2.67. The first-order valence-electron chi connectivity index (χ1n) is 6.33. The first-order valence-corrected chi connectivity index (χ1v) is 6.33. The molecular formula is C12H20N2O. The molecule has 0 spiro atoms. The van der Waals surface area contributed by atoms with Gasteiger partial charge in [-0.05, 0) is 50.4 Å². The third-order valence-electron chi connectivity index (χ3n) is 5.67. The molecule has 0 bridgehead atoms. The number of rotatable bonds is 2. The van der Waals surface area contributed by atoms with Crippen LogP contribution < -0.4 is 5.73 Å². The Morgan fingerprint density at radius 1 is 1.33 bits per heavy atom. The van der Waals surface area contributed by atoms with Crippen molar-refractivity contribution in [3.05, 3.63) is 0 Å². The van der Waals surface area contributed by atoms with Crippen LogP contribution in [0.2, 0.25) is 0 Å². The van der Waals surface area contributed by atoms with Gasteiger partial charge in [-0.1, -0.05) is 0 Å². The van der Waals surface area contributed by atoms with Crippen molar-refractivity contribution in [1.82, 2.24) is 4.90 Å². The Balaban J connectivity index is 1.62. The van der Waals surface area contributed by atoms with E-state index in [0.717, 1.165) is 37.1 Å². The molecule has 0 aromatic heterocycles. The molecule has 3 saturated carbocycles. The standard InChI is InChI=1S/C12H20N2O/c1-11(15,12(13)3-4-12)14-5-2-7-8-6-9(8)10(7)14/h7-10,15H,2-6,13H2,1H3. The summed E-state index contributed by atoms with van der Waals surface area (Å²) in [6, 6.07) is 0.672. The molecule has 0 aromatic rings. The van der Waals surface area contributed by atoms with E-state index in [2.05, 4.69) is 4.90 Å². The molecule has 3 heteroatoms. The zero-order chi connectivity index (χ0) is 10.4. The zero-order valence-electron chi connectivity index (χ0n) is 9.32. The first-order chi connectivity index (χ1) is 7.05. The number of fused-ring (bicyclic) bond motifs is 4. The van der Waals surface area contributed by atoms with Gasteiger partial charge in [-0.25, -0.2) is 0 Å². The summed E-state index contributed by atoms with van der Waals surface area (Å²) in [5.41, 5.74) is 5.15. The van der Waals surface area contributed by atoms with Crippen LogP contribution in [0.3, 0.4) is 0 Å². The second kappa shape index (κ2) is 2.27. The van der Waals surface area contributed by atoms with E-state index in [1.807, 2.05) is 6.92 Å². The van der Waals surface area contributed by atoms with Crippen LogP contribution in [-0.4, -0.2) is 33.9 Å². The van der Waals surface area contributed by atoms with Gasteiger partial charge in [0.05, 0.1) is 5.54 Å². The molecule has 4 fully saturated rings. The summed E-state index contributed by atoms with van der Waals surface area (Å²) < 4.78 is 0. The topological polar surface area (TPSA) is 49.5 Å². The van der Waals surface area contributed by atoms with Crippen LogP contribution >= 0.6 is 0 Å². The van der Waals surface area contributed by atoms with Gasteiger partial charge < -0.3 is 10.8 Å². The largest absolute Gasteiger partial charge is 0.374 e. The maximum Gasteiger partial charge on any atom is 0.134 e. The molecule has 1 aliphatic heterocycles. The van der Waals surface area contributed by atoms with E-state index in [9.17, 15) is 5.11 Å². The highest BCUT2D eigenvalue weighted by molar-refractivity contribution is 5.21. The molecule has 0 amide bonds. The zero-order valence-corrected chi connectivity index (χ0v) is 9.32. The van der Waals surface area contributed by atoms with Gasteiger partial charge in [-0.2, -0.15) is 0 Å².